The third kappa shape index (κ3) is 4.11. The molecule has 0 radical (unpaired) electrons. The van der Waals surface area contributed by atoms with E-state index in [2.05, 4.69) is 9.71 Å². The lowest BCUT2D eigenvalue weighted by molar-refractivity contribution is 0.574. The Morgan fingerprint density at radius 2 is 1.79 bits per heavy atom. The lowest BCUT2D eigenvalue weighted by Crippen LogP contribution is -2.25. The van der Waals surface area contributed by atoms with Crippen LogP contribution in [0.4, 0.5) is 4.39 Å². The quantitative estimate of drug-likeness (QED) is 0.909. The van der Waals surface area contributed by atoms with E-state index in [1.54, 1.807) is 30.6 Å². The lowest BCUT2D eigenvalue weighted by Gasteiger charge is -2.07. The van der Waals surface area contributed by atoms with Crippen molar-refractivity contribution in [2.24, 2.45) is 0 Å². The molecule has 0 aliphatic rings. The Balaban J connectivity index is 2.02. The molecule has 0 atom stereocenters. The Labute approximate surface area is 111 Å². The van der Waals surface area contributed by atoms with Crippen LogP contribution in [0.15, 0.2) is 48.8 Å². The van der Waals surface area contributed by atoms with E-state index in [9.17, 15) is 12.8 Å². The lowest BCUT2D eigenvalue weighted by atomic mass is 10.2. The largest absolute Gasteiger partial charge is 0.265 e. The van der Waals surface area contributed by atoms with Crippen molar-refractivity contribution in [3.63, 3.8) is 0 Å². The zero-order chi connectivity index (χ0) is 13.7. The Morgan fingerprint density at radius 1 is 1.11 bits per heavy atom. The first-order chi connectivity index (χ1) is 9.07. The molecule has 1 aromatic heterocycles. The minimum atomic E-state index is -3.57. The highest BCUT2D eigenvalue weighted by atomic mass is 32.2. The van der Waals surface area contributed by atoms with Crippen LogP contribution in [0.25, 0.3) is 0 Å². The van der Waals surface area contributed by atoms with Gasteiger partial charge in [-0.15, -0.1) is 0 Å². The van der Waals surface area contributed by atoms with Gasteiger partial charge in [-0.3, -0.25) is 4.98 Å². The summed E-state index contributed by atoms with van der Waals surface area (Å²) in [5.41, 5.74) is 0.955. The van der Waals surface area contributed by atoms with Crippen LogP contribution in [-0.2, 0) is 22.3 Å². The Kier molecular flexibility index (Phi) is 4.24. The third-order valence-electron chi connectivity index (χ3n) is 2.55. The summed E-state index contributed by atoms with van der Waals surface area (Å²) < 4.78 is 39.5. The highest BCUT2D eigenvalue weighted by Gasteiger charge is 2.13. The van der Waals surface area contributed by atoms with Crippen LogP contribution < -0.4 is 4.72 Å². The number of rotatable bonds is 5. The molecule has 0 unspecified atom stereocenters. The molecule has 0 amide bonds. The van der Waals surface area contributed by atoms with Gasteiger partial charge in [-0.25, -0.2) is 17.5 Å². The van der Waals surface area contributed by atoms with Gasteiger partial charge in [0.15, 0.2) is 0 Å². The number of hydrogen-bond donors (Lipinski definition) is 1. The number of nitrogens with zero attached hydrogens (tertiary/aromatic N) is 1. The van der Waals surface area contributed by atoms with Gasteiger partial charge in [0, 0.05) is 24.5 Å². The van der Waals surface area contributed by atoms with Crippen LogP contribution in [0.2, 0.25) is 0 Å². The molecular formula is C13H13FN2O2S. The molecule has 0 aliphatic carbocycles. The van der Waals surface area contributed by atoms with E-state index in [1.165, 1.54) is 18.2 Å². The zero-order valence-corrected chi connectivity index (χ0v) is 10.9. The van der Waals surface area contributed by atoms with Gasteiger partial charge in [0.1, 0.15) is 5.82 Å². The minimum Gasteiger partial charge on any atom is -0.265 e. The summed E-state index contributed by atoms with van der Waals surface area (Å²) in [4.78, 5) is 3.84. The summed E-state index contributed by atoms with van der Waals surface area (Å²) in [5, 5.41) is 0. The number of benzene rings is 1. The first-order valence-corrected chi connectivity index (χ1v) is 7.32. The summed E-state index contributed by atoms with van der Waals surface area (Å²) in [6.07, 6.45) is 3.17. The van der Waals surface area contributed by atoms with Gasteiger partial charge >= 0.3 is 0 Å². The van der Waals surface area contributed by atoms with Gasteiger partial charge in [0.25, 0.3) is 0 Å². The van der Waals surface area contributed by atoms with Gasteiger partial charge < -0.3 is 0 Å². The summed E-state index contributed by atoms with van der Waals surface area (Å²) in [6, 6.07) is 9.26. The van der Waals surface area contributed by atoms with Crippen molar-refractivity contribution in [1.29, 1.82) is 0 Å². The van der Waals surface area contributed by atoms with Gasteiger partial charge in [0.2, 0.25) is 10.0 Å². The molecule has 1 heterocycles. The van der Waals surface area contributed by atoms with Crippen LogP contribution in [0, 0.1) is 5.82 Å². The van der Waals surface area contributed by atoms with Crippen LogP contribution in [0.5, 0.6) is 0 Å². The number of halogens is 1. The Morgan fingerprint density at radius 3 is 2.47 bits per heavy atom. The van der Waals surface area contributed by atoms with Gasteiger partial charge in [0.05, 0.1) is 5.75 Å². The second-order valence-electron chi connectivity index (χ2n) is 4.03. The fourth-order valence-corrected chi connectivity index (χ4v) is 2.70. The van der Waals surface area contributed by atoms with Crippen LogP contribution in [-0.4, -0.2) is 13.4 Å². The first kappa shape index (κ1) is 13.6. The number of aromatic nitrogens is 1. The maximum atomic E-state index is 13.4. The molecule has 6 heteroatoms. The van der Waals surface area contributed by atoms with E-state index in [1.807, 2.05) is 0 Å². The van der Waals surface area contributed by atoms with Crippen molar-refractivity contribution in [1.82, 2.24) is 9.71 Å². The number of nitrogens with one attached hydrogen (secondary N) is 1. The molecule has 0 saturated heterocycles. The van der Waals surface area contributed by atoms with E-state index < -0.39 is 15.8 Å². The second kappa shape index (κ2) is 5.90. The summed E-state index contributed by atoms with van der Waals surface area (Å²) in [6.45, 7) is 0.166. The smallest absolute Gasteiger partial charge is 0.216 e. The summed E-state index contributed by atoms with van der Waals surface area (Å²) >= 11 is 0. The monoisotopic (exact) mass is 280 g/mol. The maximum Gasteiger partial charge on any atom is 0.216 e. The molecular weight excluding hydrogens is 267 g/mol. The minimum absolute atomic E-state index is 0.157. The van der Waals surface area contributed by atoms with Crippen molar-refractivity contribution >= 4 is 10.0 Å². The topological polar surface area (TPSA) is 59.1 Å². The van der Waals surface area contributed by atoms with Gasteiger partial charge in [-0.1, -0.05) is 18.2 Å². The van der Waals surface area contributed by atoms with Crippen molar-refractivity contribution in [3.8, 4) is 0 Å². The SMILES string of the molecule is O=S(=O)(Cc1ccccc1F)NCc1ccncc1. The molecule has 100 valence electrons. The molecule has 0 spiro atoms. The van der Waals surface area contributed by atoms with Gasteiger partial charge in [-0.05, 0) is 23.8 Å². The van der Waals surface area contributed by atoms with Gasteiger partial charge in [-0.2, -0.15) is 0 Å². The van der Waals surface area contributed by atoms with Crippen molar-refractivity contribution in [2.75, 3.05) is 0 Å². The van der Waals surface area contributed by atoms with Crippen molar-refractivity contribution in [2.45, 2.75) is 12.3 Å². The normalized spacial score (nSPS) is 11.4. The average Bonchev–Trinajstić information content (AvgIpc) is 2.40. The van der Waals surface area contributed by atoms with E-state index in [4.69, 9.17) is 0 Å². The first-order valence-electron chi connectivity index (χ1n) is 5.66. The number of hydrogen-bond acceptors (Lipinski definition) is 3. The summed E-state index contributed by atoms with van der Waals surface area (Å²) in [5.74, 6) is -0.887. The zero-order valence-electron chi connectivity index (χ0n) is 10.1. The molecule has 1 aromatic carbocycles. The second-order valence-corrected chi connectivity index (χ2v) is 5.83. The third-order valence-corrected chi connectivity index (χ3v) is 3.82. The van der Waals surface area contributed by atoms with E-state index in [0.29, 0.717) is 0 Å². The van der Waals surface area contributed by atoms with E-state index >= 15 is 0 Å². The standard InChI is InChI=1S/C13H13FN2O2S/c14-13-4-2-1-3-12(13)10-19(17,18)16-9-11-5-7-15-8-6-11/h1-8,16H,9-10H2. The molecule has 1 N–H and O–H groups in total. The number of pyridine rings is 1. The highest BCUT2D eigenvalue weighted by Crippen LogP contribution is 2.10. The predicted molar refractivity (Wildman–Crippen MR) is 70.1 cm³/mol. The molecule has 0 bridgehead atoms. The van der Waals surface area contributed by atoms with Crippen molar-refractivity contribution in [3.05, 3.63) is 65.7 Å². The summed E-state index contributed by atoms with van der Waals surface area (Å²) in [7, 11) is -3.57. The fourth-order valence-electron chi connectivity index (χ4n) is 1.57. The molecule has 2 rings (SSSR count). The average molecular weight is 280 g/mol. The maximum absolute atomic E-state index is 13.4. The Hall–Kier alpha value is -1.79. The molecule has 0 fully saturated rings. The highest BCUT2D eigenvalue weighted by molar-refractivity contribution is 7.88. The number of sulfonamides is 1. The fraction of sp³-hybridized carbons (Fsp3) is 0.154. The van der Waals surface area contributed by atoms with Crippen LogP contribution >= 0.6 is 0 Å². The van der Waals surface area contributed by atoms with Crippen LogP contribution in [0.1, 0.15) is 11.1 Å². The molecule has 2 aromatic rings. The van der Waals surface area contributed by atoms with Crippen LogP contribution in [0.3, 0.4) is 0 Å². The molecule has 0 saturated carbocycles. The molecule has 19 heavy (non-hydrogen) atoms. The van der Waals surface area contributed by atoms with E-state index in [-0.39, 0.29) is 17.9 Å². The molecule has 0 aliphatic heterocycles. The predicted octanol–water partition coefficient (Wildman–Crippen LogP) is 1.84. The Bertz CT molecular complexity index is 645. The van der Waals surface area contributed by atoms with E-state index in [0.717, 1.165) is 5.56 Å². The molecule has 4 nitrogen and oxygen atoms in total. The van der Waals surface area contributed by atoms with Crippen molar-refractivity contribution < 1.29 is 12.8 Å².